The smallest absolute Gasteiger partial charge is 0.231 e. The van der Waals surface area contributed by atoms with Crippen LogP contribution in [0.1, 0.15) is 30.5 Å². The molecule has 0 saturated carbocycles. The number of primary amides is 1. The summed E-state index contributed by atoms with van der Waals surface area (Å²) in [6.45, 7) is 3.21. The van der Waals surface area contributed by atoms with E-state index in [2.05, 4.69) is 17.9 Å². The number of rotatable bonds is 4. The Balaban J connectivity index is 2.22. The number of aryl methyl sites for hydroxylation is 1. The lowest BCUT2D eigenvalue weighted by atomic mass is 10.1. The summed E-state index contributed by atoms with van der Waals surface area (Å²) >= 11 is 0. The minimum atomic E-state index is -0.268. The molecule has 1 aliphatic carbocycles. The van der Waals surface area contributed by atoms with Crippen LogP contribution < -0.4 is 11.5 Å². The molecule has 1 unspecified atom stereocenters. The highest BCUT2D eigenvalue weighted by atomic mass is 16.1. The normalized spacial score (nSPS) is 18.4. The highest BCUT2D eigenvalue weighted by Crippen LogP contribution is 2.36. The van der Waals surface area contributed by atoms with Crippen LogP contribution in [0, 0.1) is 0 Å². The first kappa shape index (κ1) is 11.9. The van der Waals surface area contributed by atoms with Crippen LogP contribution in [0.3, 0.4) is 0 Å². The first-order valence-electron chi connectivity index (χ1n) is 6.02. The van der Waals surface area contributed by atoms with Crippen LogP contribution in [0.5, 0.6) is 0 Å². The number of carbonyl (C=O) groups excluding carboxylic acids is 1. The van der Waals surface area contributed by atoms with Crippen LogP contribution in [-0.4, -0.2) is 23.9 Å². The van der Waals surface area contributed by atoms with Crippen molar-refractivity contribution in [1.29, 1.82) is 0 Å². The third-order valence-electron chi connectivity index (χ3n) is 3.42. The number of fused-ring (bicyclic) bond motifs is 1. The van der Waals surface area contributed by atoms with Gasteiger partial charge in [-0.3, -0.25) is 9.69 Å². The van der Waals surface area contributed by atoms with E-state index in [1.54, 1.807) is 0 Å². The monoisotopic (exact) mass is 233 g/mol. The molecule has 0 aromatic heterocycles. The molecule has 1 aromatic carbocycles. The summed E-state index contributed by atoms with van der Waals surface area (Å²) in [5, 5.41) is 0. The van der Waals surface area contributed by atoms with E-state index in [1.807, 2.05) is 12.1 Å². The second kappa shape index (κ2) is 4.75. The maximum absolute atomic E-state index is 11.1. The number of hydrogen-bond acceptors (Lipinski definition) is 3. The first-order chi connectivity index (χ1) is 8.11. The van der Waals surface area contributed by atoms with Gasteiger partial charge in [0.25, 0.3) is 0 Å². The van der Waals surface area contributed by atoms with E-state index in [0.717, 1.165) is 25.1 Å². The Morgan fingerprint density at radius 3 is 2.94 bits per heavy atom. The van der Waals surface area contributed by atoms with Gasteiger partial charge in [-0.25, -0.2) is 0 Å². The highest BCUT2D eigenvalue weighted by Gasteiger charge is 2.27. The van der Waals surface area contributed by atoms with Gasteiger partial charge in [0, 0.05) is 11.7 Å². The number of benzene rings is 1. The van der Waals surface area contributed by atoms with Crippen molar-refractivity contribution in [3.8, 4) is 0 Å². The molecule has 92 valence electrons. The Kier molecular flexibility index (Phi) is 3.33. The average Bonchev–Trinajstić information content (AvgIpc) is 2.68. The number of hydrogen-bond donors (Lipinski definition) is 2. The standard InChI is InChI=1S/C13H19N3O/c1-2-16(8-13(15)17)12-6-3-9-7-10(14)4-5-11(9)12/h4-5,7,12H,2-3,6,8,14H2,1H3,(H2,15,17). The van der Waals surface area contributed by atoms with Crippen LogP contribution in [0.25, 0.3) is 0 Å². The van der Waals surface area contributed by atoms with Gasteiger partial charge >= 0.3 is 0 Å². The van der Waals surface area contributed by atoms with Crippen LogP contribution in [0.4, 0.5) is 5.69 Å². The Bertz CT molecular complexity index is 431. The molecule has 0 radical (unpaired) electrons. The molecular formula is C13H19N3O. The molecule has 1 atom stereocenters. The van der Waals surface area contributed by atoms with Crippen molar-refractivity contribution in [2.75, 3.05) is 18.8 Å². The Morgan fingerprint density at radius 2 is 2.29 bits per heavy atom. The van der Waals surface area contributed by atoms with Gasteiger partial charge in [0.1, 0.15) is 0 Å². The second-order valence-corrected chi connectivity index (χ2v) is 4.54. The Hall–Kier alpha value is -1.55. The third kappa shape index (κ3) is 2.42. The van der Waals surface area contributed by atoms with Crippen LogP contribution in [0.2, 0.25) is 0 Å². The zero-order chi connectivity index (χ0) is 12.4. The summed E-state index contributed by atoms with van der Waals surface area (Å²) in [6, 6.07) is 6.34. The fraction of sp³-hybridized carbons (Fsp3) is 0.462. The van der Waals surface area contributed by atoms with Gasteiger partial charge in [0.05, 0.1) is 6.54 Å². The van der Waals surface area contributed by atoms with Gasteiger partial charge in [-0.05, 0) is 42.6 Å². The lowest BCUT2D eigenvalue weighted by Crippen LogP contribution is -2.35. The zero-order valence-corrected chi connectivity index (χ0v) is 10.1. The Morgan fingerprint density at radius 1 is 1.53 bits per heavy atom. The molecule has 1 amide bonds. The number of nitrogens with two attached hydrogens (primary N) is 2. The lowest BCUT2D eigenvalue weighted by Gasteiger charge is -2.26. The van der Waals surface area contributed by atoms with Gasteiger partial charge < -0.3 is 11.5 Å². The summed E-state index contributed by atoms with van der Waals surface area (Å²) in [5.41, 5.74) is 14.5. The molecule has 2 rings (SSSR count). The summed E-state index contributed by atoms with van der Waals surface area (Å²) in [4.78, 5) is 13.2. The summed E-state index contributed by atoms with van der Waals surface area (Å²) in [7, 11) is 0. The van der Waals surface area contributed by atoms with E-state index in [1.165, 1.54) is 11.1 Å². The SMILES string of the molecule is CCN(CC(N)=O)C1CCc2cc(N)ccc21. The van der Waals surface area contributed by atoms with Gasteiger partial charge in [-0.15, -0.1) is 0 Å². The molecule has 4 N–H and O–H groups in total. The predicted octanol–water partition coefficient (Wildman–Crippen LogP) is 1.06. The van der Waals surface area contributed by atoms with Crippen molar-refractivity contribution >= 4 is 11.6 Å². The van der Waals surface area contributed by atoms with Crippen molar-refractivity contribution in [1.82, 2.24) is 4.90 Å². The highest BCUT2D eigenvalue weighted by molar-refractivity contribution is 5.76. The fourth-order valence-corrected chi connectivity index (χ4v) is 2.64. The van der Waals surface area contributed by atoms with Gasteiger partial charge in [0.15, 0.2) is 0 Å². The number of carbonyl (C=O) groups is 1. The molecule has 0 heterocycles. The molecular weight excluding hydrogens is 214 g/mol. The largest absolute Gasteiger partial charge is 0.399 e. The number of nitrogen functional groups attached to an aromatic ring is 1. The Labute approximate surface area is 102 Å². The maximum atomic E-state index is 11.1. The average molecular weight is 233 g/mol. The van der Waals surface area contributed by atoms with Crippen molar-refractivity contribution in [2.24, 2.45) is 5.73 Å². The number of likely N-dealkylation sites (N-methyl/N-ethyl adjacent to an activating group) is 1. The predicted molar refractivity (Wildman–Crippen MR) is 68.4 cm³/mol. The van der Waals surface area contributed by atoms with E-state index in [0.29, 0.717) is 12.6 Å². The van der Waals surface area contributed by atoms with Crippen LogP contribution in [0.15, 0.2) is 18.2 Å². The zero-order valence-electron chi connectivity index (χ0n) is 10.1. The molecule has 4 nitrogen and oxygen atoms in total. The molecule has 0 bridgehead atoms. The molecule has 0 aliphatic heterocycles. The topological polar surface area (TPSA) is 72.3 Å². The van der Waals surface area contributed by atoms with E-state index in [9.17, 15) is 4.79 Å². The second-order valence-electron chi connectivity index (χ2n) is 4.54. The molecule has 0 fully saturated rings. The summed E-state index contributed by atoms with van der Waals surface area (Å²) in [5.74, 6) is -0.268. The van der Waals surface area contributed by atoms with Gasteiger partial charge in [-0.1, -0.05) is 13.0 Å². The van der Waals surface area contributed by atoms with E-state index >= 15 is 0 Å². The summed E-state index contributed by atoms with van der Waals surface area (Å²) < 4.78 is 0. The van der Waals surface area contributed by atoms with Crippen molar-refractivity contribution in [2.45, 2.75) is 25.8 Å². The summed E-state index contributed by atoms with van der Waals surface area (Å²) in [6.07, 6.45) is 2.07. The van der Waals surface area contributed by atoms with E-state index in [-0.39, 0.29) is 5.91 Å². The molecule has 0 saturated heterocycles. The first-order valence-corrected chi connectivity index (χ1v) is 6.02. The van der Waals surface area contributed by atoms with Gasteiger partial charge in [0.2, 0.25) is 5.91 Å². The minimum absolute atomic E-state index is 0.268. The maximum Gasteiger partial charge on any atom is 0.231 e. The van der Waals surface area contributed by atoms with Crippen LogP contribution in [-0.2, 0) is 11.2 Å². The van der Waals surface area contributed by atoms with Crippen LogP contribution >= 0.6 is 0 Å². The fourth-order valence-electron chi connectivity index (χ4n) is 2.64. The number of anilines is 1. The van der Waals surface area contributed by atoms with Crippen molar-refractivity contribution < 1.29 is 4.79 Å². The minimum Gasteiger partial charge on any atom is -0.399 e. The quantitative estimate of drug-likeness (QED) is 0.764. The third-order valence-corrected chi connectivity index (χ3v) is 3.42. The molecule has 1 aromatic rings. The molecule has 4 heteroatoms. The lowest BCUT2D eigenvalue weighted by molar-refractivity contribution is -0.119. The molecule has 0 spiro atoms. The van der Waals surface area contributed by atoms with Crippen molar-refractivity contribution in [3.05, 3.63) is 29.3 Å². The van der Waals surface area contributed by atoms with Gasteiger partial charge in [-0.2, -0.15) is 0 Å². The molecule has 1 aliphatic rings. The van der Waals surface area contributed by atoms with E-state index < -0.39 is 0 Å². The number of amides is 1. The van der Waals surface area contributed by atoms with E-state index in [4.69, 9.17) is 11.5 Å². The number of nitrogens with zero attached hydrogens (tertiary/aromatic N) is 1. The van der Waals surface area contributed by atoms with Crippen molar-refractivity contribution in [3.63, 3.8) is 0 Å². The molecule has 17 heavy (non-hydrogen) atoms.